The number of carbonyl (C=O) groups is 3. The molecule has 0 aromatic heterocycles. The van der Waals surface area contributed by atoms with Crippen LogP contribution in [0.5, 0.6) is 0 Å². The molecule has 0 radical (unpaired) electrons. The standard InChI is InChI=1S/C13H13NO3/c1-2-3-7-14-12(16)10-6-4-5-9(8-15)11(10)13(14)17/h4-6,8H,2-3,7H2,1H3. The van der Waals surface area contributed by atoms with Gasteiger partial charge in [-0.05, 0) is 12.5 Å². The molecule has 2 rings (SSSR count). The average molecular weight is 231 g/mol. The van der Waals surface area contributed by atoms with Gasteiger partial charge in [0.25, 0.3) is 11.8 Å². The first-order valence-corrected chi connectivity index (χ1v) is 5.65. The summed E-state index contributed by atoms with van der Waals surface area (Å²) in [5.74, 6) is -0.636. The second kappa shape index (κ2) is 4.49. The second-order valence-electron chi connectivity index (χ2n) is 4.00. The highest BCUT2D eigenvalue weighted by atomic mass is 16.2. The monoisotopic (exact) mass is 231 g/mol. The Hall–Kier alpha value is -1.97. The van der Waals surface area contributed by atoms with Crippen LogP contribution in [-0.2, 0) is 0 Å². The summed E-state index contributed by atoms with van der Waals surface area (Å²) in [6, 6.07) is 4.77. The summed E-state index contributed by atoms with van der Waals surface area (Å²) >= 11 is 0. The number of imide groups is 1. The van der Waals surface area contributed by atoms with Gasteiger partial charge in [-0.2, -0.15) is 0 Å². The van der Waals surface area contributed by atoms with Gasteiger partial charge in [0.2, 0.25) is 0 Å². The SMILES string of the molecule is CCCCN1C(=O)c2cccc(C=O)c2C1=O. The summed E-state index contributed by atoms with van der Waals surface area (Å²) in [4.78, 5) is 36.1. The fraction of sp³-hybridized carbons (Fsp3) is 0.308. The van der Waals surface area contributed by atoms with E-state index in [0.29, 0.717) is 24.0 Å². The third-order valence-corrected chi connectivity index (χ3v) is 2.89. The number of unbranched alkanes of at least 4 members (excludes halogenated alkanes) is 1. The summed E-state index contributed by atoms with van der Waals surface area (Å²) in [5, 5.41) is 0. The van der Waals surface area contributed by atoms with Gasteiger partial charge in [-0.1, -0.05) is 25.5 Å². The molecule has 1 heterocycles. The normalized spacial score (nSPS) is 14.1. The number of nitrogens with zero attached hydrogens (tertiary/aromatic N) is 1. The van der Waals surface area contributed by atoms with Crippen molar-refractivity contribution in [2.24, 2.45) is 0 Å². The van der Waals surface area contributed by atoms with Crippen LogP contribution < -0.4 is 0 Å². The Morgan fingerprint density at radius 3 is 2.65 bits per heavy atom. The lowest BCUT2D eigenvalue weighted by Crippen LogP contribution is -2.30. The molecule has 0 fully saturated rings. The summed E-state index contributed by atoms with van der Waals surface area (Å²) < 4.78 is 0. The van der Waals surface area contributed by atoms with Crippen molar-refractivity contribution in [2.75, 3.05) is 6.54 Å². The van der Waals surface area contributed by atoms with E-state index in [2.05, 4.69) is 0 Å². The maximum absolute atomic E-state index is 12.0. The maximum Gasteiger partial charge on any atom is 0.262 e. The maximum atomic E-state index is 12.0. The molecule has 0 spiro atoms. The van der Waals surface area contributed by atoms with Crippen molar-refractivity contribution < 1.29 is 14.4 Å². The van der Waals surface area contributed by atoms with Crippen LogP contribution in [0.25, 0.3) is 0 Å². The lowest BCUT2D eigenvalue weighted by atomic mass is 10.0. The molecule has 4 nitrogen and oxygen atoms in total. The van der Waals surface area contributed by atoms with Gasteiger partial charge in [-0.25, -0.2) is 0 Å². The van der Waals surface area contributed by atoms with Gasteiger partial charge < -0.3 is 0 Å². The van der Waals surface area contributed by atoms with Crippen molar-refractivity contribution >= 4 is 18.1 Å². The van der Waals surface area contributed by atoms with Crippen LogP contribution in [0.2, 0.25) is 0 Å². The molecular weight excluding hydrogens is 218 g/mol. The van der Waals surface area contributed by atoms with Crippen LogP contribution in [0.15, 0.2) is 18.2 Å². The fourth-order valence-corrected chi connectivity index (χ4v) is 1.98. The number of aldehydes is 1. The molecule has 0 saturated carbocycles. The van der Waals surface area contributed by atoms with E-state index in [1.807, 2.05) is 6.92 Å². The van der Waals surface area contributed by atoms with E-state index in [-0.39, 0.29) is 17.4 Å². The van der Waals surface area contributed by atoms with Crippen LogP contribution >= 0.6 is 0 Å². The van der Waals surface area contributed by atoms with Crippen molar-refractivity contribution in [3.8, 4) is 0 Å². The molecule has 0 atom stereocenters. The van der Waals surface area contributed by atoms with Crippen molar-refractivity contribution in [3.05, 3.63) is 34.9 Å². The van der Waals surface area contributed by atoms with Crippen LogP contribution in [0.3, 0.4) is 0 Å². The Bertz CT molecular complexity index is 493. The summed E-state index contributed by atoms with van der Waals surface area (Å²) in [6.45, 7) is 2.41. The fourth-order valence-electron chi connectivity index (χ4n) is 1.98. The summed E-state index contributed by atoms with van der Waals surface area (Å²) in [6.07, 6.45) is 2.31. The van der Waals surface area contributed by atoms with Crippen LogP contribution in [0, 0.1) is 0 Å². The molecule has 0 aliphatic carbocycles. The highest BCUT2D eigenvalue weighted by molar-refractivity contribution is 6.23. The number of rotatable bonds is 4. The third-order valence-electron chi connectivity index (χ3n) is 2.89. The molecule has 0 bridgehead atoms. The van der Waals surface area contributed by atoms with E-state index >= 15 is 0 Å². The zero-order valence-electron chi connectivity index (χ0n) is 9.60. The minimum absolute atomic E-state index is 0.253. The quantitative estimate of drug-likeness (QED) is 0.587. The second-order valence-corrected chi connectivity index (χ2v) is 4.00. The molecule has 1 aliphatic rings. The Balaban J connectivity index is 2.42. The Morgan fingerprint density at radius 1 is 1.24 bits per heavy atom. The summed E-state index contributed by atoms with van der Waals surface area (Å²) in [5.41, 5.74) is 0.888. The van der Waals surface area contributed by atoms with Gasteiger partial charge >= 0.3 is 0 Å². The highest BCUT2D eigenvalue weighted by Gasteiger charge is 2.36. The number of benzene rings is 1. The van der Waals surface area contributed by atoms with E-state index in [1.54, 1.807) is 18.2 Å². The Morgan fingerprint density at radius 2 is 2.00 bits per heavy atom. The third kappa shape index (κ3) is 1.75. The number of fused-ring (bicyclic) bond motifs is 1. The van der Waals surface area contributed by atoms with Crippen LogP contribution in [0.4, 0.5) is 0 Å². The molecule has 4 heteroatoms. The Labute approximate surface area is 99.2 Å². The van der Waals surface area contributed by atoms with E-state index < -0.39 is 0 Å². The van der Waals surface area contributed by atoms with E-state index in [1.165, 1.54) is 4.90 Å². The average Bonchev–Trinajstić information content (AvgIpc) is 2.60. The zero-order valence-corrected chi connectivity index (χ0v) is 9.60. The minimum Gasteiger partial charge on any atom is -0.298 e. The van der Waals surface area contributed by atoms with Gasteiger partial charge in [-0.3, -0.25) is 19.3 Å². The number of hydrogen-bond acceptors (Lipinski definition) is 3. The van der Waals surface area contributed by atoms with Crippen molar-refractivity contribution in [1.29, 1.82) is 0 Å². The van der Waals surface area contributed by atoms with E-state index in [0.717, 1.165) is 12.8 Å². The van der Waals surface area contributed by atoms with Crippen molar-refractivity contribution in [2.45, 2.75) is 19.8 Å². The molecule has 17 heavy (non-hydrogen) atoms. The zero-order chi connectivity index (χ0) is 12.4. The Kier molecular flexibility index (Phi) is 3.04. The number of carbonyl (C=O) groups excluding carboxylic acids is 3. The number of hydrogen-bond donors (Lipinski definition) is 0. The van der Waals surface area contributed by atoms with Gasteiger partial charge in [0, 0.05) is 12.1 Å². The smallest absolute Gasteiger partial charge is 0.262 e. The van der Waals surface area contributed by atoms with Crippen molar-refractivity contribution in [1.82, 2.24) is 4.90 Å². The first-order chi connectivity index (χ1) is 8.20. The van der Waals surface area contributed by atoms with Crippen LogP contribution in [-0.4, -0.2) is 29.5 Å². The first-order valence-electron chi connectivity index (χ1n) is 5.65. The lowest BCUT2D eigenvalue weighted by Gasteiger charge is -2.12. The molecule has 88 valence electrons. The van der Waals surface area contributed by atoms with Gasteiger partial charge in [0.05, 0.1) is 11.1 Å². The highest BCUT2D eigenvalue weighted by Crippen LogP contribution is 2.25. The van der Waals surface area contributed by atoms with Crippen LogP contribution in [0.1, 0.15) is 50.8 Å². The molecule has 1 aromatic rings. The molecule has 0 unspecified atom stereocenters. The van der Waals surface area contributed by atoms with E-state index in [9.17, 15) is 14.4 Å². The molecule has 0 saturated heterocycles. The van der Waals surface area contributed by atoms with Gasteiger partial charge in [-0.15, -0.1) is 0 Å². The predicted octanol–water partition coefficient (Wildman–Crippen LogP) is 1.90. The largest absolute Gasteiger partial charge is 0.298 e. The molecule has 0 N–H and O–H groups in total. The molecule has 1 aromatic carbocycles. The van der Waals surface area contributed by atoms with E-state index in [4.69, 9.17) is 0 Å². The first kappa shape index (κ1) is 11.5. The van der Waals surface area contributed by atoms with Crippen molar-refractivity contribution in [3.63, 3.8) is 0 Å². The molecule has 1 aliphatic heterocycles. The predicted molar refractivity (Wildman–Crippen MR) is 62.1 cm³/mol. The van der Waals surface area contributed by atoms with Gasteiger partial charge in [0.15, 0.2) is 6.29 Å². The number of amides is 2. The van der Waals surface area contributed by atoms with Gasteiger partial charge in [0.1, 0.15) is 0 Å². The topological polar surface area (TPSA) is 54.5 Å². The molecule has 2 amide bonds. The molecular formula is C13H13NO3. The summed E-state index contributed by atoms with van der Waals surface area (Å²) in [7, 11) is 0. The lowest BCUT2D eigenvalue weighted by molar-refractivity contribution is 0.0651. The minimum atomic E-state index is -0.346.